The molecule has 108 valence electrons. The molecular formula is C16H20BrNO2. The molecule has 1 atom stereocenters. The van der Waals surface area contributed by atoms with Crippen molar-refractivity contribution in [2.24, 2.45) is 0 Å². The van der Waals surface area contributed by atoms with E-state index in [0.29, 0.717) is 6.54 Å². The zero-order valence-corrected chi connectivity index (χ0v) is 13.4. The second-order valence-corrected chi connectivity index (χ2v) is 5.81. The molecule has 0 fully saturated rings. The molecule has 0 bridgehead atoms. The van der Waals surface area contributed by atoms with Gasteiger partial charge < -0.3 is 14.8 Å². The van der Waals surface area contributed by atoms with Crippen LogP contribution < -0.4 is 5.32 Å². The van der Waals surface area contributed by atoms with Crippen LogP contribution in [0.15, 0.2) is 39.2 Å². The Morgan fingerprint density at radius 3 is 2.75 bits per heavy atom. The Kier molecular flexibility index (Phi) is 5.40. The summed E-state index contributed by atoms with van der Waals surface area (Å²) < 4.78 is 6.94. The van der Waals surface area contributed by atoms with Crippen molar-refractivity contribution in [2.45, 2.75) is 32.9 Å². The van der Waals surface area contributed by atoms with Crippen LogP contribution in [0.3, 0.4) is 0 Å². The largest absolute Gasteiger partial charge is 0.460 e. The van der Waals surface area contributed by atoms with Crippen molar-refractivity contribution >= 4 is 15.9 Å². The Balaban J connectivity index is 2.08. The fourth-order valence-electron chi connectivity index (χ4n) is 2.10. The quantitative estimate of drug-likeness (QED) is 0.840. The minimum atomic E-state index is 0.123. The molecule has 0 radical (unpaired) electrons. The van der Waals surface area contributed by atoms with Gasteiger partial charge in [-0.25, -0.2) is 0 Å². The summed E-state index contributed by atoms with van der Waals surface area (Å²) in [5, 5.41) is 12.4. The van der Waals surface area contributed by atoms with E-state index >= 15 is 0 Å². The first kappa shape index (κ1) is 15.3. The van der Waals surface area contributed by atoms with Gasteiger partial charge in [0.1, 0.15) is 11.5 Å². The van der Waals surface area contributed by atoms with Crippen LogP contribution in [-0.4, -0.2) is 17.8 Å². The highest BCUT2D eigenvalue weighted by molar-refractivity contribution is 9.10. The van der Waals surface area contributed by atoms with Crippen molar-refractivity contribution in [3.8, 4) is 11.3 Å². The summed E-state index contributed by atoms with van der Waals surface area (Å²) >= 11 is 3.47. The van der Waals surface area contributed by atoms with E-state index in [0.717, 1.165) is 28.0 Å². The number of hydrogen-bond donors (Lipinski definition) is 2. The maximum absolute atomic E-state index is 9.15. The number of aliphatic hydroxyl groups is 1. The lowest BCUT2D eigenvalue weighted by atomic mass is 10.1. The molecule has 0 aliphatic carbocycles. The van der Waals surface area contributed by atoms with Gasteiger partial charge in [-0.05, 0) is 49.2 Å². The molecule has 0 amide bonds. The molecule has 0 unspecified atom stereocenters. The van der Waals surface area contributed by atoms with Crippen LogP contribution in [0, 0.1) is 6.92 Å². The van der Waals surface area contributed by atoms with Crippen LogP contribution in [0.25, 0.3) is 11.3 Å². The first-order chi connectivity index (χ1) is 9.63. The van der Waals surface area contributed by atoms with Crippen molar-refractivity contribution in [2.75, 3.05) is 6.61 Å². The maximum Gasteiger partial charge on any atom is 0.134 e. The molecule has 1 heterocycles. The number of nitrogens with one attached hydrogen (secondary N) is 1. The molecule has 1 aromatic heterocycles. The van der Waals surface area contributed by atoms with Crippen LogP contribution in [0.5, 0.6) is 0 Å². The highest BCUT2D eigenvalue weighted by Gasteiger charge is 2.09. The monoisotopic (exact) mass is 337 g/mol. The molecule has 1 aromatic carbocycles. The minimum Gasteiger partial charge on any atom is -0.460 e. The molecule has 4 heteroatoms. The van der Waals surface area contributed by atoms with Gasteiger partial charge in [0.15, 0.2) is 0 Å². The van der Waals surface area contributed by atoms with E-state index in [1.165, 1.54) is 5.56 Å². The third kappa shape index (κ3) is 3.72. The van der Waals surface area contributed by atoms with Gasteiger partial charge in [0.05, 0.1) is 13.2 Å². The van der Waals surface area contributed by atoms with Crippen molar-refractivity contribution in [3.05, 3.63) is 46.1 Å². The predicted molar refractivity (Wildman–Crippen MR) is 84.6 cm³/mol. The molecule has 2 N–H and O–H groups in total. The van der Waals surface area contributed by atoms with Crippen LogP contribution >= 0.6 is 15.9 Å². The van der Waals surface area contributed by atoms with Crippen LogP contribution in [-0.2, 0) is 6.54 Å². The molecule has 0 saturated carbocycles. The first-order valence-electron chi connectivity index (χ1n) is 6.83. The van der Waals surface area contributed by atoms with Gasteiger partial charge in [0, 0.05) is 16.1 Å². The average molecular weight is 338 g/mol. The lowest BCUT2D eigenvalue weighted by Crippen LogP contribution is -2.30. The number of aliphatic hydroxyl groups excluding tert-OH is 1. The molecule has 2 aromatic rings. The fourth-order valence-corrected chi connectivity index (χ4v) is 2.58. The molecule has 0 aliphatic rings. The Labute approximate surface area is 128 Å². The molecule has 0 saturated heterocycles. The van der Waals surface area contributed by atoms with Gasteiger partial charge in [-0.1, -0.05) is 22.9 Å². The second kappa shape index (κ2) is 7.07. The molecular weight excluding hydrogens is 318 g/mol. The van der Waals surface area contributed by atoms with E-state index in [9.17, 15) is 0 Å². The van der Waals surface area contributed by atoms with Gasteiger partial charge in [-0.15, -0.1) is 0 Å². The molecule has 0 spiro atoms. The molecule has 20 heavy (non-hydrogen) atoms. The summed E-state index contributed by atoms with van der Waals surface area (Å²) in [7, 11) is 0. The normalized spacial score (nSPS) is 12.6. The number of halogens is 1. The van der Waals surface area contributed by atoms with E-state index in [-0.39, 0.29) is 12.6 Å². The van der Waals surface area contributed by atoms with Gasteiger partial charge >= 0.3 is 0 Å². The fraction of sp³-hybridized carbons (Fsp3) is 0.375. The van der Waals surface area contributed by atoms with Gasteiger partial charge in [0.25, 0.3) is 0 Å². The Bertz CT molecular complexity index is 561. The van der Waals surface area contributed by atoms with Crippen molar-refractivity contribution in [3.63, 3.8) is 0 Å². The summed E-state index contributed by atoms with van der Waals surface area (Å²) in [5.74, 6) is 1.76. The van der Waals surface area contributed by atoms with Crippen molar-refractivity contribution in [1.29, 1.82) is 0 Å². The first-order valence-corrected chi connectivity index (χ1v) is 7.62. The summed E-state index contributed by atoms with van der Waals surface area (Å²) in [6, 6.07) is 10.2. The van der Waals surface area contributed by atoms with Gasteiger partial charge in [-0.3, -0.25) is 0 Å². The molecule has 0 aliphatic heterocycles. The summed E-state index contributed by atoms with van der Waals surface area (Å²) in [6.07, 6.45) is 0.899. The van der Waals surface area contributed by atoms with E-state index in [2.05, 4.69) is 40.3 Å². The van der Waals surface area contributed by atoms with Crippen LogP contribution in [0.4, 0.5) is 0 Å². The van der Waals surface area contributed by atoms with Crippen molar-refractivity contribution in [1.82, 2.24) is 5.32 Å². The van der Waals surface area contributed by atoms with E-state index < -0.39 is 0 Å². The zero-order chi connectivity index (χ0) is 14.5. The number of aryl methyl sites for hydroxylation is 1. The summed E-state index contributed by atoms with van der Waals surface area (Å²) in [6.45, 7) is 4.90. The number of furan rings is 1. The average Bonchev–Trinajstić information content (AvgIpc) is 2.88. The summed E-state index contributed by atoms with van der Waals surface area (Å²) in [5.41, 5.74) is 2.28. The SMILES string of the molecule is CC[C@H](CO)NCc1ccc(-c2ccc(Br)cc2C)o1. The zero-order valence-electron chi connectivity index (χ0n) is 11.8. The highest BCUT2D eigenvalue weighted by atomic mass is 79.9. The van der Waals surface area contributed by atoms with E-state index in [1.807, 2.05) is 25.1 Å². The topological polar surface area (TPSA) is 45.4 Å². The maximum atomic E-state index is 9.15. The minimum absolute atomic E-state index is 0.123. The molecule has 2 rings (SSSR count). The Morgan fingerprint density at radius 2 is 2.10 bits per heavy atom. The van der Waals surface area contributed by atoms with E-state index in [1.54, 1.807) is 0 Å². The lowest BCUT2D eigenvalue weighted by Gasteiger charge is -2.12. The number of benzene rings is 1. The predicted octanol–water partition coefficient (Wildman–Crippen LogP) is 3.88. The smallest absolute Gasteiger partial charge is 0.134 e. The second-order valence-electron chi connectivity index (χ2n) is 4.89. The highest BCUT2D eigenvalue weighted by Crippen LogP contribution is 2.27. The molecule has 3 nitrogen and oxygen atoms in total. The van der Waals surface area contributed by atoms with Crippen molar-refractivity contribution < 1.29 is 9.52 Å². The Hall–Kier alpha value is -1.10. The van der Waals surface area contributed by atoms with Crippen LogP contribution in [0.2, 0.25) is 0 Å². The van der Waals surface area contributed by atoms with Gasteiger partial charge in [0.2, 0.25) is 0 Å². The third-order valence-corrected chi connectivity index (χ3v) is 3.89. The number of rotatable bonds is 6. The van der Waals surface area contributed by atoms with E-state index in [4.69, 9.17) is 9.52 Å². The van der Waals surface area contributed by atoms with Crippen LogP contribution in [0.1, 0.15) is 24.7 Å². The Morgan fingerprint density at radius 1 is 1.30 bits per heavy atom. The number of hydrogen-bond acceptors (Lipinski definition) is 3. The third-order valence-electron chi connectivity index (χ3n) is 3.39. The lowest BCUT2D eigenvalue weighted by molar-refractivity contribution is 0.235. The summed E-state index contributed by atoms with van der Waals surface area (Å²) in [4.78, 5) is 0. The standard InChI is InChI=1S/C16H20BrNO2/c1-3-13(10-19)18-9-14-5-7-16(20-14)15-6-4-12(17)8-11(15)2/h4-8,13,18-19H,3,9-10H2,1-2H3/t13-/m1/s1. The van der Waals surface area contributed by atoms with Gasteiger partial charge in [-0.2, -0.15) is 0 Å².